The molecule has 0 aliphatic heterocycles. The van der Waals surface area contributed by atoms with Gasteiger partial charge in [-0.25, -0.2) is 0 Å². The van der Waals surface area contributed by atoms with Crippen LogP contribution >= 0.6 is 11.8 Å². The lowest BCUT2D eigenvalue weighted by Gasteiger charge is -2.12. The van der Waals surface area contributed by atoms with Crippen molar-refractivity contribution in [2.45, 2.75) is 5.16 Å². The summed E-state index contributed by atoms with van der Waals surface area (Å²) in [6.07, 6.45) is 1.63. The van der Waals surface area contributed by atoms with E-state index in [-0.39, 0.29) is 11.7 Å². The highest BCUT2D eigenvalue weighted by Crippen LogP contribution is 2.29. The first-order valence-electron chi connectivity index (χ1n) is 10.5. The van der Waals surface area contributed by atoms with Crippen LogP contribution in [0.2, 0.25) is 0 Å². The smallest absolute Gasteiger partial charge is 0.230 e. The number of aromatic nitrogens is 3. The monoisotopic (exact) mass is 460 g/mol. The van der Waals surface area contributed by atoms with Crippen LogP contribution in [0.15, 0.2) is 90.3 Å². The van der Waals surface area contributed by atoms with Crippen molar-refractivity contribution in [2.75, 3.05) is 26.0 Å². The number of ether oxygens (including phenoxy) is 2. The van der Waals surface area contributed by atoms with Crippen LogP contribution < -0.4 is 14.8 Å². The first kappa shape index (κ1) is 22.4. The van der Waals surface area contributed by atoms with E-state index in [1.165, 1.54) is 11.8 Å². The van der Waals surface area contributed by atoms with E-state index in [1.807, 2.05) is 83.4 Å². The zero-order chi connectivity index (χ0) is 22.9. The minimum atomic E-state index is -0.0933. The molecule has 7 nitrogen and oxygen atoms in total. The summed E-state index contributed by atoms with van der Waals surface area (Å²) >= 11 is 1.33. The molecule has 1 N–H and O–H groups in total. The number of amides is 1. The molecule has 0 aliphatic rings. The first-order chi connectivity index (χ1) is 16.2. The average Bonchev–Trinajstić information content (AvgIpc) is 3.35. The van der Waals surface area contributed by atoms with Gasteiger partial charge in [0.25, 0.3) is 0 Å². The van der Waals surface area contributed by atoms with E-state index in [0.717, 1.165) is 28.3 Å². The third-order valence-electron chi connectivity index (χ3n) is 4.85. The van der Waals surface area contributed by atoms with Gasteiger partial charge < -0.3 is 14.8 Å². The van der Waals surface area contributed by atoms with Crippen molar-refractivity contribution in [2.24, 2.45) is 0 Å². The Kier molecular flexibility index (Phi) is 7.60. The number of hydrogen-bond donors (Lipinski definition) is 1. The lowest BCUT2D eigenvalue weighted by Crippen LogP contribution is -2.29. The first-order valence-corrected chi connectivity index (χ1v) is 11.4. The molecule has 1 amide bonds. The Hall–Kier alpha value is -3.78. The number of carbonyl (C=O) groups is 1. The molecule has 0 saturated heterocycles. The highest BCUT2D eigenvalue weighted by Gasteiger charge is 2.11. The molecule has 3 aromatic carbocycles. The van der Waals surface area contributed by atoms with Crippen molar-refractivity contribution >= 4 is 17.7 Å². The van der Waals surface area contributed by atoms with Crippen LogP contribution in [0.5, 0.6) is 11.5 Å². The molecule has 0 fully saturated rings. The van der Waals surface area contributed by atoms with Crippen molar-refractivity contribution in [3.8, 4) is 28.3 Å². The summed E-state index contributed by atoms with van der Waals surface area (Å²) in [5.74, 6) is 1.70. The normalized spacial score (nSPS) is 10.6. The van der Waals surface area contributed by atoms with Crippen LogP contribution in [0.25, 0.3) is 16.8 Å². The average molecular weight is 461 g/mol. The van der Waals surface area contributed by atoms with Crippen LogP contribution in [-0.4, -0.2) is 46.7 Å². The van der Waals surface area contributed by atoms with Crippen LogP contribution in [0.4, 0.5) is 0 Å². The Labute approximate surface area is 196 Å². The molecule has 4 aromatic rings. The van der Waals surface area contributed by atoms with Gasteiger partial charge in [0.2, 0.25) is 5.91 Å². The fraction of sp³-hybridized carbons (Fsp3) is 0.160. The number of nitrogens with one attached hydrogen (secondary N) is 1. The fourth-order valence-electron chi connectivity index (χ4n) is 3.22. The van der Waals surface area contributed by atoms with E-state index in [4.69, 9.17) is 9.47 Å². The van der Waals surface area contributed by atoms with Crippen LogP contribution in [0.3, 0.4) is 0 Å². The van der Waals surface area contributed by atoms with Gasteiger partial charge in [-0.3, -0.25) is 9.36 Å². The highest BCUT2D eigenvalue weighted by atomic mass is 32.2. The standard InChI is InChI=1S/C25H24N4O3S/c1-31-21-13-11-20(12-14-21)29-18-27-28-25(29)33-17-24(30)26-15-16-32-23-10-6-5-9-22(23)19-7-3-2-4-8-19/h2-14,18H,15-17H2,1H3,(H,26,30). The zero-order valence-electron chi connectivity index (χ0n) is 18.2. The van der Waals surface area contributed by atoms with Gasteiger partial charge in [0, 0.05) is 11.3 Å². The van der Waals surface area contributed by atoms with Crippen LogP contribution in [-0.2, 0) is 4.79 Å². The number of carbonyl (C=O) groups excluding carboxylic acids is 1. The molecule has 0 aliphatic carbocycles. The lowest BCUT2D eigenvalue weighted by molar-refractivity contribution is -0.118. The highest BCUT2D eigenvalue weighted by molar-refractivity contribution is 7.99. The lowest BCUT2D eigenvalue weighted by atomic mass is 10.1. The maximum absolute atomic E-state index is 12.3. The molecule has 168 valence electrons. The Morgan fingerprint density at radius 3 is 2.55 bits per heavy atom. The Balaban J connectivity index is 1.25. The topological polar surface area (TPSA) is 78.3 Å². The SMILES string of the molecule is COc1ccc(-n2cnnc2SCC(=O)NCCOc2ccccc2-c2ccccc2)cc1. The summed E-state index contributed by atoms with van der Waals surface area (Å²) in [4.78, 5) is 12.3. The quantitative estimate of drug-likeness (QED) is 0.282. The summed E-state index contributed by atoms with van der Waals surface area (Å²) in [6, 6.07) is 25.5. The number of thioether (sulfide) groups is 1. The van der Waals surface area contributed by atoms with Gasteiger partial charge in [-0.05, 0) is 35.9 Å². The summed E-state index contributed by atoms with van der Waals surface area (Å²) < 4.78 is 13.0. The molecule has 0 bridgehead atoms. The summed E-state index contributed by atoms with van der Waals surface area (Å²) in [5, 5.41) is 11.6. The van der Waals surface area contributed by atoms with Crippen molar-refractivity contribution in [1.82, 2.24) is 20.1 Å². The van der Waals surface area contributed by atoms with Crippen LogP contribution in [0, 0.1) is 0 Å². The number of hydrogen-bond acceptors (Lipinski definition) is 6. The van der Waals surface area contributed by atoms with Crippen LogP contribution in [0.1, 0.15) is 0 Å². The van der Waals surface area contributed by atoms with Crippen molar-refractivity contribution in [1.29, 1.82) is 0 Å². The maximum Gasteiger partial charge on any atom is 0.230 e. The Bertz CT molecular complexity index is 1180. The van der Waals surface area contributed by atoms with Crippen molar-refractivity contribution in [3.05, 3.63) is 85.2 Å². The van der Waals surface area contributed by atoms with Gasteiger partial charge in [-0.15, -0.1) is 10.2 Å². The van der Waals surface area contributed by atoms with Gasteiger partial charge >= 0.3 is 0 Å². The zero-order valence-corrected chi connectivity index (χ0v) is 19.0. The number of rotatable bonds is 10. The molecular formula is C25H24N4O3S. The number of methoxy groups -OCH3 is 1. The minimum absolute atomic E-state index is 0.0933. The number of para-hydroxylation sites is 1. The number of nitrogens with zero attached hydrogens (tertiary/aromatic N) is 3. The molecule has 0 unspecified atom stereocenters. The second kappa shape index (κ2) is 11.2. The molecule has 0 atom stereocenters. The van der Waals surface area contributed by atoms with E-state index < -0.39 is 0 Å². The molecule has 0 radical (unpaired) electrons. The number of benzene rings is 3. The van der Waals surface area contributed by atoms with Gasteiger partial charge in [-0.2, -0.15) is 0 Å². The molecular weight excluding hydrogens is 436 g/mol. The molecule has 0 spiro atoms. The fourth-order valence-corrected chi connectivity index (χ4v) is 3.98. The predicted octanol–water partition coefficient (Wildman–Crippen LogP) is 4.23. The third-order valence-corrected chi connectivity index (χ3v) is 5.80. The molecule has 8 heteroatoms. The third kappa shape index (κ3) is 5.93. The van der Waals surface area contributed by atoms with E-state index in [1.54, 1.807) is 13.4 Å². The molecule has 4 rings (SSSR count). The van der Waals surface area contributed by atoms with E-state index in [0.29, 0.717) is 18.3 Å². The molecule has 1 heterocycles. The molecule has 33 heavy (non-hydrogen) atoms. The Morgan fingerprint density at radius 1 is 1.00 bits per heavy atom. The van der Waals surface area contributed by atoms with Crippen molar-refractivity contribution < 1.29 is 14.3 Å². The van der Waals surface area contributed by atoms with E-state index >= 15 is 0 Å². The summed E-state index contributed by atoms with van der Waals surface area (Å²) in [5.41, 5.74) is 3.02. The second-order valence-electron chi connectivity index (χ2n) is 7.03. The van der Waals surface area contributed by atoms with Gasteiger partial charge in [0.05, 0.1) is 19.4 Å². The second-order valence-corrected chi connectivity index (χ2v) is 7.97. The predicted molar refractivity (Wildman–Crippen MR) is 129 cm³/mol. The van der Waals surface area contributed by atoms with Gasteiger partial charge in [0.1, 0.15) is 24.4 Å². The molecule has 1 aromatic heterocycles. The Morgan fingerprint density at radius 2 is 1.76 bits per heavy atom. The summed E-state index contributed by atoms with van der Waals surface area (Å²) in [7, 11) is 1.63. The molecule has 0 saturated carbocycles. The largest absolute Gasteiger partial charge is 0.497 e. The minimum Gasteiger partial charge on any atom is -0.497 e. The van der Waals surface area contributed by atoms with Gasteiger partial charge in [0.15, 0.2) is 5.16 Å². The summed E-state index contributed by atoms with van der Waals surface area (Å²) in [6.45, 7) is 0.788. The maximum atomic E-state index is 12.3. The van der Waals surface area contributed by atoms with E-state index in [9.17, 15) is 4.79 Å². The van der Waals surface area contributed by atoms with Crippen molar-refractivity contribution in [3.63, 3.8) is 0 Å². The van der Waals surface area contributed by atoms with E-state index in [2.05, 4.69) is 15.5 Å². The van der Waals surface area contributed by atoms with Gasteiger partial charge in [-0.1, -0.05) is 60.3 Å².